The van der Waals surface area contributed by atoms with Gasteiger partial charge in [-0.05, 0) is 25.5 Å². The summed E-state index contributed by atoms with van der Waals surface area (Å²) in [6.07, 6.45) is 1.46. The molecule has 1 aromatic heterocycles. The smallest absolute Gasteiger partial charge is 0.250 e. The highest BCUT2D eigenvalue weighted by Crippen LogP contribution is 2.51. The van der Waals surface area contributed by atoms with E-state index in [0.717, 1.165) is 17.9 Å². The van der Waals surface area contributed by atoms with Gasteiger partial charge in [-0.25, -0.2) is 13.1 Å². The summed E-state index contributed by atoms with van der Waals surface area (Å²) in [4.78, 5) is 1.00. The second kappa shape index (κ2) is 5.87. The highest BCUT2D eigenvalue weighted by molar-refractivity contribution is 7.91. The van der Waals surface area contributed by atoms with Gasteiger partial charge in [0.15, 0.2) is 0 Å². The summed E-state index contributed by atoms with van der Waals surface area (Å²) in [5.74, 6) is 0.576. The van der Waals surface area contributed by atoms with Gasteiger partial charge in [0.25, 0.3) is 0 Å². The van der Waals surface area contributed by atoms with Crippen LogP contribution in [0.1, 0.15) is 25.1 Å². The van der Waals surface area contributed by atoms with Crippen LogP contribution in [0.5, 0.6) is 0 Å². The van der Waals surface area contributed by atoms with Gasteiger partial charge in [-0.15, -0.1) is 11.3 Å². The Hall–Kier alpha value is -0.470. The van der Waals surface area contributed by atoms with E-state index >= 15 is 0 Å². The van der Waals surface area contributed by atoms with Crippen LogP contribution in [0.4, 0.5) is 0 Å². The fourth-order valence-electron chi connectivity index (χ4n) is 3.78. The first-order valence-electron chi connectivity index (χ1n) is 7.73. The monoisotopic (exact) mass is 344 g/mol. The van der Waals surface area contributed by atoms with E-state index in [1.165, 1.54) is 11.3 Å². The second-order valence-corrected chi connectivity index (χ2v) is 10.0. The summed E-state index contributed by atoms with van der Waals surface area (Å²) in [7, 11) is -3.37. The Morgan fingerprint density at radius 1 is 1.36 bits per heavy atom. The average Bonchev–Trinajstić information content (AvgIpc) is 3.06. The molecule has 2 aliphatic rings. The lowest BCUT2D eigenvalue weighted by Gasteiger charge is -2.55. The Bertz CT molecular complexity index is 639. The summed E-state index contributed by atoms with van der Waals surface area (Å²) < 4.78 is 33.1. The molecule has 1 aromatic rings. The first kappa shape index (κ1) is 16.4. The van der Waals surface area contributed by atoms with E-state index in [2.05, 4.69) is 23.9 Å². The predicted octanol–water partition coefficient (Wildman–Crippen LogP) is 1.74. The van der Waals surface area contributed by atoms with Crippen LogP contribution in [0.25, 0.3) is 0 Å². The molecule has 0 spiro atoms. The number of fused-ring (bicyclic) bond motifs is 1. The molecule has 3 rings (SSSR count). The third kappa shape index (κ3) is 2.85. The molecule has 5 nitrogen and oxygen atoms in total. The van der Waals surface area contributed by atoms with Crippen LogP contribution in [0.15, 0.2) is 16.3 Å². The lowest BCUT2D eigenvalue weighted by molar-refractivity contribution is -0.112. The number of aryl methyl sites for hydroxylation is 1. The predicted molar refractivity (Wildman–Crippen MR) is 87.7 cm³/mol. The Morgan fingerprint density at radius 3 is 2.82 bits per heavy atom. The van der Waals surface area contributed by atoms with E-state index in [1.54, 1.807) is 6.07 Å². The molecule has 0 radical (unpaired) electrons. The van der Waals surface area contributed by atoms with Gasteiger partial charge >= 0.3 is 0 Å². The van der Waals surface area contributed by atoms with Crippen LogP contribution in [0.2, 0.25) is 0 Å². The minimum atomic E-state index is -3.37. The largest absolute Gasteiger partial charge is 0.377 e. The summed E-state index contributed by atoms with van der Waals surface area (Å²) in [6.45, 7) is 8.24. The van der Waals surface area contributed by atoms with Gasteiger partial charge in [-0.3, -0.25) is 0 Å². The minimum Gasteiger partial charge on any atom is -0.377 e. The molecule has 7 heteroatoms. The number of ether oxygens (including phenoxy) is 1. The maximum atomic E-state index is 12.1. The number of nitrogens with one attached hydrogen (secondary N) is 2. The normalized spacial score (nSPS) is 30.0. The van der Waals surface area contributed by atoms with Gasteiger partial charge in [0.1, 0.15) is 4.21 Å². The molecule has 0 unspecified atom stereocenters. The lowest BCUT2D eigenvalue weighted by Crippen LogP contribution is -2.66. The van der Waals surface area contributed by atoms with E-state index in [-0.39, 0.29) is 5.41 Å². The van der Waals surface area contributed by atoms with Gasteiger partial charge in [0, 0.05) is 41.9 Å². The topological polar surface area (TPSA) is 67.4 Å². The minimum absolute atomic E-state index is 0.130. The molecule has 2 fully saturated rings. The van der Waals surface area contributed by atoms with Crippen molar-refractivity contribution >= 4 is 21.4 Å². The van der Waals surface area contributed by atoms with Crippen molar-refractivity contribution in [2.75, 3.05) is 19.7 Å². The van der Waals surface area contributed by atoms with Crippen molar-refractivity contribution < 1.29 is 13.2 Å². The van der Waals surface area contributed by atoms with Gasteiger partial charge in [-0.2, -0.15) is 0 Å². The van der Waals surface area contributed by atoms with E-state index in [1.807, 2.05) is 13.0 Å². The van der Waals surface area contributed by atoms with Crippen molar-refractivity contribution in [2.24, 2.45) is 11.3 Å². The molecule has 0 aromatic carbocycles. The first-order chi connectivity index (χ1) is 10.3. The summed E-state index contributed by atoms with van der Waals surface area (Å²) >= 11 is 1.30. The molecule has 1 saturated heterocycles. The molecule has 22 heavy (non-hydrogen) atoms. The highest BCUT2D eigenvalue weighted by Gasteiger charge is 2.58. The third-order valence-corrected chi connectivity index (χ3v) is 7.82. The fourth-order valence-corrected chi connectivity index (χ4v) is 6.14. The Labute approximate surface area is 136 Å². The second-order valence-electron chi connectivity index (χ2n) is 6.76. The molecule has 1 aliphatic heterocycles. The lowest BCUT2D eigenvalue weighted by atomic mass is 9.57. The quantitative estimate of drug-likeness (QED) is 0.772. The molecule has 2 heterocycles. The van der Waals surface area contributed by atoms with Crippen LogP contribution < -0.4 is 10.0 Å². The summed E-state index contributed by atoms with van der Waals surface area (Å²) in [6, 6.07) is 3.90. The molecule has 1 saturated carbocycles. The van der Waals surface area contributed by atoms with Crippen LogP contribution in [0.3, 0.4) is 0 Å². The zero-order chi connectivity index (χ0) is 16.0. The molecule has 3 atom stereocenters. The van der Waals surface area contributed by atoms with Gasteiger partial charge < -0.3 is 10.1 Å². The standard InChI is InChI=1S/C15H24N2O3S2/c1-10-4-5-12(21-10)22(18,19)17-8-7-16-13-11-6-9-20-14(11)15(13,2)3/h4-5,11,13-14,16-17H,6-9H2,1-3H3/t11-,13+,14-/m0/s1. The Balaban J connectivity index is 1.48. The molecule has 124 valence electrons. The van der Waals surface area contributed by atoms with Crippen molar-refractivity contribution in [1.82, 2.24) is 10.0 Å². The highest BCUT2D eigenvalue weighted by atomic mass is 32.2. The number of thiophene rings is 1. The maximum Gasteiger partial charge on any atom is 0.250 e. The molecular weight excluding hydrogens is 320 g/mol. The number of hydrogen-bond acceptors (Lipinski definition) is 5. The van der Waals surface area contributed by atoms with Crippen molar-refractivity contribution in [3.63, 3.8) is 0 Å². The SMILES string of the molecule is Cc1ccc(S(=O)(=O)NCCN[C@@H]2[C@@H]3CCO[C@@H]3C2(C)C)s1. The zero-order valence-corrected chi connectivity index (χ0v) is 14.9. The van der Waals surface area contributed by atoms with Crippen molar-refractivity contribution in [2.45, 2.75) is 43.5 Å². The van der Waals surface area contributed by atoms with E-state index in [4.69, 9.17) is 4.74 Å². The molecule has 1 aliphatic carbocycles. The van der Waals surface area contributed by atoms with Crippen molar-refractivity contribution in [3.05, 3.63) is 17.0 Å². The zero-order valence-electron chi connectivity index (χ0n) is 13.3. The number of sulfonamides is 1. The van der Waals surface area contributed by atoms with Crippen LogP contribution in [-0.4, -0.2) is 40.3 Å². The van der Waals surface area contributed by atoms with Crippen LogP contribution >= 0.6 is 11.3 Å². The van der Waals surface area contributed by atoms with Crippen molar-refractivity contribution in [1.29, 1.82) is 0 Å². The third-order valence-electron chi connectivity index (χ3n) is 4.86. The van der Waals surface area contributed by atoms with Crippen molar-refractivity contribution in [3.8, 4) is 0 Å². The Kier molecular flexibility index (Phi) is 4.37. The molecule has 0 amide bonds. The number of rotatable bonds is 6. The van der Waals surface area contributed by atoms with E-state index in [9.17, 15) is 8.42 Å². The molecule has 0 bridgehead atoms. The van der Waals surface area contributed by atoms with Gasteiger partial charge in [0.05, 0.1) is 6.10 Å². The molecular formula is C15H24N2O3S2. The van der Waals surface area contributed by atoms with Crippen LogP contribution in [0, 0.1) is 18.3 Å². The summed E-state index contributed by atoms with van der Waals surface area (Å²) in [5.41, 5.74) is 0.130. The maximum absolute atomic E-state index is 12.1. The van der Waals surface area contributed by atoms with Crippen LogP contribution in [-0.2, 0) is 14.8 Å². The van der Waals surface area contributed by atoms with E-state index < -0.39 is 10.0 Å². The fraction of sp³-hybridized carbons (Fsp3) is 0.733. The number of hydrogen-bond donors (Lipinski definition) is 2. The van der Waals surface area contributed by atoms with Gasteiger partial charge in [0.2, 0.25) is 10.0 Å². The molecule has 2 N–H and O–H groups in total. The average molecular weight is 345 g/mol. The Morgan fingerprint density at radius 2 is 2.14 bits per heavy atom. The van der Waals surface area contributed by atoms with Gasteiger partial charge in [-0.1, -0.05) is 13.8 Å². The summed E-state index contributed by atoms with van der Waals surface area (Å²) in [5, 5.41) is 3.51. The van der Waals surface area contributed by atoms with E-state index in [0.29, 0.717) is 35.4 Å². The first-order valence-corrected chi connectivity index (χ1v) is 10.0.